The Hall–Kier alpha value is -1.64. The second-order valence-electron chi connectivity index (χ2n) is 8.13. The van der Waals surface area contributed by atoms with Crippen molar-refractivity contribution >= 4 is 10.8 Å². The molecule has 0 amide bonds. The Labute approximate surface area is 148 Å². The van der Waals surface area contributed by atoms with Crippen LogP contribution < -0.4 is 4.74 Å². The van der Waals surface area contributed by atoms with E-state index in [4.69, 9.17) is 4.74 Å². The molecule has 0 saturated heterocycles. The minimum Gasteiger partial charge on any atom is -0.494 e. The first-order valence-corrected chi connectivity index (χ1v) is 9.52. The molecule has 0 aliphatic heterocycles. The molecule has 2 aliphatic rings. The monoisotopic (exact) mass is 344 g/mol. The van der Waals surface area contributed by atoms with Gasteiger partial charge in [-0.2, -0.15) is 0 Å². The molecule has 2 aromatic carbocycles. The molecule has 2 saturated carbocycles. The number of rotatable bonds is 2. The molecule has 0 N–H and O–H groups in total. The van der Waals surface area contributed by atoms with Gasteiger partial charge in [0.1, 0.15) is 5.82 Å². The summed E-state index contributed by atoms with van der Waals surface area (Å²) in [6, 6.07) is 6.67. The Bertz CT molecular complexity index is 785. The summed E-state index contributed by atoms with van der Waals surface area (Å²) < 4.78 is 34.2. The number of hydrogen-bond donors (Lipinski definition) is 0. The molecule has 3 heteroatoms. The van der Waals surface area contributed by atoms with Crippen molar-refractivity contribution in [2.45, 2.75) is 51.4 Å². The van der Waals surface area contributed by atoms with E-state index in [2.05, 4.69) is 6.92 Å². The molecule has 0 spiro atoms. The highest BCUT2D eigenvalue weighted by atomic mass is 19.1. The smallest absolute Gasteiger partial charge is 0.165 e. The molecule has 0 radical (unpaired) electrons. The summed E-state index contributed by atoms with van der Waals surface area (Å²) in [5.41, 5.74) is 0.772. The maximum absolute atomic E-state index is 15.1. The van der Waals surface area contributed by atoms with Crippen LogP contribution in [-0.2, 0) is 0 Å². The molecule has 134 valence electrons. The molecule has 2 aromatic rings. The standard InChI is InChI=1S/C22H26F2O/c1-13-3-4-15-10-16(6-5-14(15)9-13)18-8-7-17-11-21(25-2)20(23)12-19(17)22(18)24/h7-8,11-16H,3-6,9-10H2,1-2H3. The van der Waals surface area contributed by atoms with Gasteiger partial charge in [0, 0.05) is 5.39 Å². The lowest BCUT2D eigenvalue weighted by molar-refractivity contribution is 0.124. The molecule has 4 atom stereocenters. The van der Waals surface area contributed by atoms with Crippen LogP contribution in [0.1, 0.15) is 56.9 Å². The van der Waals surface area contributed by atoms with Gasteiger partial charge in [0.05, 0.1) is 7.11 Å². The number of hydrogen-bond acceptors (Lipinski definition) is 1. The van der Waals surface area contributed by atoms with Crippen molar-refractivity contribution in [2.24, 2.45) is 17.8 Å². The zero-order valence-corrected chi connectivity index (χ0v) is 15.0. The van der Waals surface area contributed by atoms with Crippen molar-refractivity contribution in [1.82, 2.24) is 0 Å². The highest BCUT2D eigenvalue weighted by Crippen LogP contribution is 2.48. The Balaban J connectivity index is 1.64. The number of ether oxygens (including phenoxy) is 1. The van der Waals surface area contributed by atoms with Gasteiger partial charge < -0.3 is 4.74 Å². The maximum Gasteiger partial charge on any atom is 0.165 e. The summed E-state index contributed by atoms with van der Waals surface area (Å²) in [4.78, 5) is 0. The fourth-order valence-corrected chi connectivity index (χ4v) is 5.18. The Morgan fingerprint density at radius 1 is 0.960 bits per heavy atom. The number of benzene rings is 2. The van der Waals surface area contributed by atoms with Crippen molar-refractivity contribution in [2.75, 3.05) is 7.11 Å². The molecule has 0 heterocycles. The molecule has 1 nitrogen and oxygen atoms in total. The van der Waals surface area contributed by atoms with Gasteiger partial charge >= 0.3 is 0 Å². The van der Waals surface area contributed by atoms with E-state index in [0.717, 1.165) is 36.2 Å². The van der Waals surface area contributed by atoms with Gasteiger partial charge in [0.2, 0.25) is 0 Å². The number of methoxy groups -OCH3 is 1. The highest BCUT2D eigenvalue weighted by molar-refractivity contribution is 5.85. The van der Waals surface area contributed by atoms with Crippen molar-refractivity contribution in [3.8, 4) is 5.75 Å². The molecule has 2 fully saturated rings. The first-order chi connectivity index (χ1) is 12.1. The van der Waals surface area contributed by atoms with Crippen LogP contribution in [-0.4, -0.2) is 7.11 Å². The van der Waals surface area contributed by atoms with Gasteiger partial charge in [-0.05, 0) is 78.9 Å². The van der Waals surface area contributed by atoms with Gasteiger partial charge in [-0.1, -0.05) is 25.5 Å². The van der Waals surface area contributed by atoms with E-state index in [0.29, 0.717) is 10.8 Å². The molecule has 4 unspecified atom stereocenters. The van der Waals surface area contributed by atoms with E-state index in [1.165, 1.54) is 38.9 Å². The average Bonchev–Trinajstić information content (AvgIpc) is 2.62. The largest absolute Gasteiger partial charge is 0.494 e. The third-order valence-electron chi connectivity index (χ3n) is 6.57. The van der Waals surface area contributed by atoms with Crippen LogP contribution in [0.15, 0.2) is 24.3 Å². The molecule has 0 aromatic heterocycles. The van der Waals surface area contributed by atoms with Crippen LogP contribution in [0, 0.1) is 29.4 Å². The van der Waals surface area contributed by atoms with E-state index in [-0.39, 0.29) is 17.5 Å². The topological polar surface area (TPSA) is 9.23 Å². The Kier molecular flexibility index (Phi) is 4.43. The summed E-state index contributed by atoms with van der Waals surface area (Å²) in [7, 11) is 1.43. The second-order valence-corrected chi connectivity index (χ2v) is 8.13. The second kappa shape index (κ2) is 6.59. The van der Waals surface area contributed by atoms with Crippen LogP contribution in [0.5, 0.6) is 5.75 Å². The predicted octanol–water partition coefficient (Wildman–Crippen LogP) is 6.45. The summed E-state index contributed by atoms with van der Waals surface area (Å²) in [6.45, 7) is 2.36. The number of fused-ring (bicyclic) bond motifs is 2. The highest BCUT2D eigenvalue weighted by Gasteiger charge is 2.35. The third kappa shape index (κ3) is 3.02. The molecule has 25 heavy (non-hydrogen) atoms. The van der Waals surface area contributed by atoms with Crippen LogP contribution in [0.2, 0.25) is 0 Å². The first kappa shape index (κ1) is 16.8. The normalized spacial score (nSPS) is 29.4. The fourth-order valence-electron chi connectivity index (χ4n) is 5.18. The predicted molar refractivity (Wildman–Crippen MR) is 97.0 cm³/mol. The molecular formula is C22H26F2O. The zero-order chi connectivity index (χ0) is 17.6. The lowest BCUT2D eigenvalue weighted by atomic mass is 9.64. The number of halogens is 2. The summed E-state index contributed by atoms with van der Waals surface area (Å²) in [6.07, 6.45) is 7.26. The summed E-state index contributed by atoms with van der Waals surface area (Å²) >= 11 is 0. The lowest BCUT2D eigenvalue weighted by Gasteiger charge is -2.41. The first-order valence-electron chi connectivity index (χ1n) is 9.52. The Morgan fingerprint density at radius 3 is 2.52 bits per heavy atom. The quantitative estimate of drug-likeness (QED) is 0.608. The van der Waals surface area contributed by atoms with Gasteiger partial charge in [0.15, 0.2) is 11.6 Å². The lowest BCUT2D eigenvalue weighted by Crippen LogP contribution is -2.29. The van der Waals surface area contributed by atoms with E-state index >= 15 is 4.39 Å². The average molecular weight is 344 g/mol. The minimum absolute atomic E-state index is 0.163. The van der Waals surface area contributed by atoms with E-state index in [1.54, 1.807) is 6.07 Å². The Morgan fingerprint density at radius 2 is 1.72 bits per heavy atom. The molecular weight excluding hydrogens is 318 g/mol. The summed E-state index contributed by atoms with van der Waals surface area (Å²) in [5, 5.41) is 1.06. The molecule has 2 aliphatic carbocycles. The van der Waals surface area contributed by atoms with Crippen LogP contribution in [0.25, 0.3) is 10.8 Å². The van der Waals surface area contributed by atoms with Crippen LogP contribution in [0.4, 0.5) is 8.78 Å². The van der Waals surface area contributed by atoms with E-state index < -0.39 is 5.82 Å². The van der Waals surface area contributed by atoms with Gasteiger partial charge in [0.25, 0.3) is 0 Å². The fraction of sp³-hybridized carbons (Fsp3) is 0.545. The van der Waals surface area contributed by atoms with Gasteiger partial charge in [-0.25, -0.2) is 8.78 Å². The van der Waals surface area contributed by atoms with Crippen LogP contribution >= 0.6 is 0 Å². The van der Waals surface area contributed by atoms with E-state index in [9.17, 15) is 4.39 Å². The maximum atomic E-state index is 15.1. The van der Waals surface area contributed by atoms with Crippen molar-refractivity contribution in [3.05, 3.63) is 41.5 Å². The van der Waals surface area contributed by atoms with Crippen molar-refractivity contribution in [1.29, 1.82) is 0 Å². The van der Waals surface area contributed by atoms with E-state index in [1.807, 2.05) is 12.1 Å². The van der Waals surface area contributed by atoms with Crippen molar-refractivity contribution < 1.29 is 13.5 Å². The zero-order valence-electron chi connectivity index (χ0n) is 15.0. The molecule has 0 bridgehead atoms. The molecule has 4 rings (SSSR count). The van der Waals surface area contributed by atoms with Gasteiger partial charge in [-0.15, -0.1) is 0 Å². The van der Waals surface area contributed by atoms with Gasteiger partial charge in [-0.3, -0.25) is 0 Å². The summed E-state index contributed by atoms with van der Waals surface area (Å²) in [5.74, 6) is 2.08. The minimum atomic E-state index is -0.504. The third-order valence-corrected chi connectivity index (χ3v) is 6.57. The van der Waals surface area contributed by atoms with Crippen molar-refractivity contribution in [3.63, 3.8) is 0 Å². The SMILES string of the molecule is COc1cc2ccc(C3CCC4CC(C)CCC4C3)c(F)c2cc1F. The van der Waals surface area contributed by atoms with Crippen LogP contribution in [0.3, 0.4) is 0 Å².